The van der Waals surface area contributed by atoms with Gasteiger partial charge in [0, 0.05) is 12.5 Å². The van der Waals surface area contributed by atoms with Crippen molar-refractivity contribution in [2.75, 3.05) is 0 Å². The van der Waals surface area contributed by atoms with Crippen LogP contribution in [0.3, 0.4) is 0 Å². The Labute approximate surface area is 138 Å². The highest BCUT2D eigenvalue weighted by Crippen LogP contribution is 2.28. The summed E-state index contributed by atoms with van der Waals surface area (Å²) in [5.41, 5.74) is 1.28. The molecule has 122 valence electrons. The summed E-state index contributed by atoms with van der Waals surface area (Å²) in [5.74, 6) is 0.446. The summed E-state index contributed by atoms with van der Waals surface area (Å²) in [7, 11) is 0. The lowest BCUT2D eigenvalue weighted by molar-refractivity contribution is -0.121. The van der Waals surface area contributed by atoms with Crippen molar-refractivity contribution < 1.29 is 9.21 Å². The maximum Gasteiger partial charge on any atom is 0.250 e. The molecule has 0 aliphatic rings. The summed E-state index contributed by atoms with van der Waals surface area (Å²) < 4.78 is 5.49. The lowest BCUT2D eigenvalue weighted by Gasteiger charge is -2.15. The summed E-state index contributed by atoms with van der Waals surface area (Å²) in [6.45, 7) is 0.211. The van der Waals surface area contributed by atoms with Crippen molar-refractivity contribution in [3.05, 3.63) is 88.5 Å². The van der Waals surface area contributed by atoms with Gasteiger partial charge in [-0.3, -0.25) is 9.59 Å². The van der Waals surface area contributed by atoms with Gasteiger partial charge in [-0.1, -0.05) is 30.3 Å². The number of H-pyrrole nitrogens is 1. The normalized spacial score (nSPS) is 11.8. The molecule has 0 bridgehead atoms. The van der Waals surface area contributed by atoms with Crippen molar-refractivity contribution >= 4 is 5.91 Å². The minimum atomic E-state index is -0.244. The van der Waals surface area contributed by atoms with E-state index in [9.17, 15) is 9.59 Å². The summed E-state index contributed by atoms with van der Waals surface area (Å²) in [4.78, 5) is 30.0. The Hall–Kier alpha value is -3.15. The van der Waals surface area contributed by atoms with Gasteiger partial charge in [0.2, 0.25) is 5.91 Å². The molecule has 0 saturated carbocycles. The van der Waals surface area contributed by atoms with Crippen LogP contribution >= 0.6 is 0 Å². The standard InChI is InChI=1S/C18H17N3O3/c22-17-9-14(20-12-21-17)11-19-18(23)10-15(16-7-4-8-24-16)13-5-2-1-3-6-13/h1-9,12,15H,10-11H2,(H,19,23)(H,20,21,22). The van der Waals surface area contributed by atoms with E-state index in [-0.39, 0.29) is 30.3 Å². The van der Waals surface area contributed by atoms with E-state index in [1.165, 1.54) is 12.4 Å². The molecule has 6 nitrogen and oxygen atoms in total. The Morgan fingerprint density at radius 2 is 2.04 bits per heavy atom. The third-order valence-corrected chi connectivity index (χ3v) is 3.68. The van der Waals surface area contributed by atoms with Crippen LogP contribution in [0, 0.1) is 0 Å². The van der Waals surface area contributed by atoms with Gasteiger partial charge in [-0.15, -0.1) is 0 Å². The molecule has 1 aromatic carbocycles. The van der Waals surface area contributed by atoms with Crippen molar-refractivity contribution in [1.29, 1.82) is 0 Å². The fourth-order valence-corrected chi connectivity index (χ4v) is 2.51. The minimum absolute atomic E-state index is 0.137. The van der Waals surface area contributed by atoms with E-state index in [1.807, 2.05) is 42.5 Å². The Kier molecular flexibility index (Phi) is 4.86. The van der Waals surface area contributed by atoms with Crippen molar-refractivity contribution in [3.63, 3.8) is 0 Å². The highest BCUT2D eigenvalue weighted by Gasteiger charge is 2.20. The number of aromatic nitrogens is 2. The zero-order chi connectivity index (χ0) is 16.8. The number of nitrogens with one attached hydrogen (secondary N) is 2. The Morgan fingerprint density at radius 1 is 1.21 bits per heavy atom. The Morgan fingerprint density at radius 3 is 2.75 bits per heavy atom. The molecule has 1 amide bonds. The first-order valence-electron chi connectivity index (χ1n) is 7.61. The molecule has 3 aromatic rings. The molecule has 3 rings (SSSR count). The molecule has 2 heterocycles. The van der Waals surface area contributed by atoms with Gasteiger partial charge in [0.25, 0.3) is 5.56 Å². The number of furan rings is 1. The minimum Gasteiger partial charge on any atom is -0.469 e. The van der Waals surface area contributed by atoms with Crippen LogP contribution in [-0.4, -0.2) is 15.9 Å². The molecule has 0 aliphatic carbocycles. The molecule has 6 heteroatoms. The largest absolute Gasteiger partial charge is 0.469 e. The molecule has 0 saturated heterocycles. The number of amides is 1. The van der Waals surface area contributed by atoms with Crippen LogP contribution in [0.4, 0.5) is 0 Å². The van der Waals surface area contributed by atoms with Gasteiger partial charge in [0.05, 0.1) is 30.7 Å². The van der Waals surface area contributed by atoms with E-state index in [0.717, 1.165) is 11.3 Å². The quantitative estimate of drug-likeness (QED) is 0.728. The second-order valence-corrected chi connectivity index (χ2v) is 5.36. The highest BCUT2D eigenvalue weighted by molar-refractivity contribution is 5.77. The number of aromatic amines is 1. The summed E-state index contributed by atoms with van der Waals surface area (Å²) in [6.07, 6.45) is 3.17. The lowest BCUT2D eigenvalue weighted by atomic mass is 9.93. The Bertz CT molecular complexity index is 841. The van der Waals surface area contributed by atoms with E-state index in [4.69, 9.17) is 4.42 Å². The van der Waals surface area contributed by atoms with Crippen molar-refractivity contribution in [2.24, 2.45) is 0 Å². The first-order valence-corrected chi connectivity index (χ1v) is 7.61. The molecule has 0 aliphatic heterocycles. The number of nitrogens with zero attached hydrogens (tertiary/aromatic N) is 1. The van der Waals surface area contributed by atoms with E-state index in [2.05, 4.69) is 15.3 Å². The van der Waals surface area contributed by atoms with Crippen LogP contribution in [0.25, 0.3) is 0 Å². The lowest BCUT2D eigenvalue weighted by Crippen LogP contribution is -2.26. The smallest absolute Gasteiger partial charge is 0.250 e. The number of carbonyl (C=O) groups is 1. The number of hydrogen-bond donors (Lipinski definition) is 2. The molecular formula is C18H17N3O3. The predicted molar refractivity (Wildman–Crippen MR) is 88.3 cm³/mol. The number of hydrogen-bond acceptors (Lipinski definition) is 4. The van der Waals surface area contributed by atoms with Gasteiger partial charge < -0.3 is 14.7 Å². The van der Waals surface area contributed by atoms with Gasteiger partial charge in [0.1, 0.15) is 5.76 Å². The SMILES string of the molecule is O=C(CC(c1ccccc1)c1ccco1)NCc1cc(=O)[nH]cn1. The summed E-state index contributed by atoms with van der Waals surface area (Å²) in [5, 5.41) is 2.79. The van der Waals surface area contributed by atoms with Crippen molar-refractivity contribution in [1.82, 2.24) is 15.3 Å². The highest BCUT2D eigenvalue weighted by atomic mass is 16.3. The topological polar surface area (TPSA) is 88.0 Å². The van der Waals surface area contributed by atoms with Crippen molar-refractivity contribution in [2.45, 2.75) is 18.9 Å². The fourth-order valence-electron chi connectivity index (χ4n) is 2.51. The molecular weight excluding hydrogens is 306 g/mol. The maximum absolute atomic E-state index is 12.3. The second kappa shape index (κ2) is 7.41. The van der Waals surface area contributed by atoms with Gasteiger partial charge in [-0.2, -0.15) is 0 Å². The van der Waals surface area contributed by atoms with Gasteiger partial charge >= 0.3 is 0 Å². The van der Waals surface area contributed by atoms with E-state index >= 15 is 0 Å². The number of carbonyl (C=O) groups excluding carboxylic acids is 1. The van der Waals surface area contributed by atoms with Gasteiger partial charge in [0.15, 0.2) is 0 Å². The zero-order valence-electron chi connectivity index (χ0n) is 12.9. The van der Waals surface area contributed by atoms with Crippen LogP contribution in [0.1, 0.15) is 29.4 Å². The van der Waals surface area contributed by atoms with E-state index < -0.39 is 0 Å². The molecule has 0 spiro atoms. The molecule has 2 N–H and O–H groups in total. The molecule has 0 fully saturated rings. The van der Waals surface area contributed by atoms with Gasteiger partial charge in [-0.05, 0) is 17.7 Å². The average molecular weight is 323 g/mol. The fraction of sp³-hybridized carbons (Fsp3) is 0.167. The zero-order valence-corrected chi connectivity index (χ0v) is 12.9. The number of rotatable bonds is 6. The summed E-state index contributed by atoms with van der Waals surface area (Å²) in [6, 6.07) is 14.8. The van der Waals surface area contributed by atoms with Crippen molar-refractivity contribution in [3.8, 4) is 0 Å². The van der Waals surface area contributed by atoms with Crippen LogP contribution in [0.5, 0.6) is 0 Å². The predicted octanol–water partition coefficient (Wildman–Crippen LogP) is 2.20. The molecule has 1 unspecified atom stereocenters. The van der Waals surface area contributed by atoms with E-state index in [0.29, 0.717) is 5.69 Å². The van der Waals surface area contributed by atoms with Gasteiger partial charge in [-0.25, -0.2) is 4.98 Å². The Balaban J connectivity index is 1.69. The van der Waals surface area contributed by atoms with Crippen LogP contribution in [0.2, 0.25) is 0 Å². The molecule has 1 atom stereocenters. The summed E-state index contributed by atoms with van der Waals surface area (Å²) >= 11 is 0. The van der Waals surface area contributed by atoms with Crippen LogP contribution in [-0.2, 0) is 11.3 Å². The molecule has 0 radical (unpaired) electrons. The van der Waals surface area contributed by atoms with Crippen LogP contribution < -0.4 is 10.9 Å². The third-order valence-electron chi connectivity index (χ3n) is 3.68. The first-order chi connectivity index (χ1) is 11.7. The maximum atomic E-state index is 12.3. The molecule has 24 heavy (non-hydrogen) atoms. The van der Waals surface area contributed by atoms with E-state index in [1.54, 1.807) is 6.26 Å². The monoisotopic (exact) mass is 323 g/mol. The van der Waals surface area contributed by atoms with Crippen LogP contribution in [0.15, 0.2) is 70.3 Å². The average Bonchev–Trinajstić information content (AvgIpc) is 3.13. The number of benzene rings is 1. The molecule has 2 aromatic heterocycles. The first kappa shape index (κ1) is 15.7. The second-order valence-electron chi connectivity index (χ2n) is 5.36. The third kappa shape index (κ3) is 3.98.